The number of methoxy groups -OCH3 is 1. The van der Waals surface area contributed by atoms with Gasteiger partial charge in [-0.25, -0.2) is 0 Å². The van der Waals surface area contributed by atoms with E-state index in [4.69, 9.17) is 9.47 Å². The minimum absolute atomic E-state index is 0.0726. The van der Waals surface area contributed by atoms with Gasteiger partial charge in [0.1, 0.15) is 11.5 Å². The predicted molar refractivity (Wildman–Crippen MR) is 97.0 cm³/mol. The topological polar surface area (TPSA) is 50.8 Å². The van der Waals surface area contributed by atoms with Crippen molar-refractivity contribution in [2.24, 2.45) is 0 Å². The zero-order valence-corrected chi connectivity index (χ0v) is 14.9. The molecule has 132 valence electrons. The average Bonchev–Trinajstić information content (AvgIpc) is 3.06. The quantitative estimate of drug-likeness (QED) is 0.877. The van der Waals surface area contributed by atoms with E-state index in [2.05, 4.69) is 10.2 Å². The van der Waals surface area contributed by atoms with Gasteiger partial charge in [-0.1, -0.05) is 30.3 Å². The summed E-state index contributed by atoms with van der Waals surface area (Å²) >= 11 is 0. The Bertz CT molecular complexity index is 703. The summed E-state index contributed by atoms with van der Waals surface area (Å²) in [5.74, 6) is 1.56. The number of likely N-dealkylation sites (N-methyl/N-ethyl adjacent to an activating group) is 1. The van der Waals surface area contributed by atoms with Crippen LogP contribution in [-0.4, -0.2) is 44.7 Å². The van der Waals surface area contributed by atoms with Crippen LogP contribution in [0.1, 0.15) is 17.2 Å². The lowest BCUT2D eigenvalue weighted by Crippen LogP contribution is -2.41. The number of carbonyl (C=O) groups is 1. The van der Waals surface area contributed by atoms with Crippen LogP contribution in [0.2, 0.25) is 0 Å². The Morgan fingerprint density at radius 3 is 2.60 bits per heavy atom. The molecule has 2 unspecified atom stereocenters. The molecule has 1 aliphatic rings. The molecule has 2 aromatic carbocycles. The maximum absolute atomic E-state index is 12.5. The second-order valence-electron chi connectivity index (χ2n) is 6.42. The molecule has 5 heteroatoms. The van der Waals surface area contributed by atoms with E-state index in [-0.39, 0.29) is 11.9 Å². The highest BCUT2D eigenvalue weighted by atomic mass is 16.5. The molecule has 0 saturated carbocycles. The van der Waals surface area contributed by atoms with Crippen molar-refractivity contribution in [3.8, 4) is 11.5 Å². The van der Waals surface area contributed by atoms with Crippen molar-refractivity contribution in [3.63, 3.8) is 0 Å². The fraction of sp³-hybridized carbons (Fsp3) is 0.350. The number of hydrogen-bond donors (Lipinski definition) is 1. The van der Waals surface area contributed by atoms with Gasteiger partial charge in [-0.15, -0.1) is 0 Å². The smallest absolute Gasteiger partial charge is 0.261 e. The van der Waals surface area contributed by atoms with Gasteiger partial charge in [-0.2, -0.15) is 0 Å². The highest BCUT2D eigenvalue weighted by Crippen LogP contribution is 2.28. The molecule has 25 heavy (non-hydrogen) atoms. The lowest BCUT2D eigenvalue weighted by molar-refractivity contribution is -0.127. The first-order valence-corrected chi connectivity index (χ1v) is 8.41. The second kappa shape index (κ2) is 7.57. The summed E-state index contributed by atoms with van der Waals surface area (Å²) in [4.78, 5) is 14.6. The van der Waals surface area contributed by atoms with Crippen molar-refractivity contribution >= 4 is 5.91 Å². The molecule has 5 nitrogen and oxygen atoms in total. The van der Waals surface area contributed by atoms with Crippen LogP contribution in [0.25, 0.3) is 0 Å². The maximum Gasteiger partial charge on any atom is 0.261 e. The molecule has 0 spiro atoms. The fourth-order valence-corrected chi connectivity index (χ4v) is 3.06. The number of rotatable bonds is 6. The summed E-state index contributed by atoms with van der Waals surface area (Å²) in [6.45, 7) is 0.522. The van der Waals surface area contributed by atoms with Crippen molar-refractivity contribution in [3.05, 3.63) is 59.7 Å². The standard InChI is InChI=1S/C20H24N2O3/c1-22(2)17(14-8-10-16(24-3)11-9-14)13-21-20(23)19-12-15-6-4-5-7-18(15)25-19/h4-11,17,19H,12-13H2,1-3H3,(H,21,23). The van der Waals surface area contributed by atoms with Gasteiger partial charge in [0.2, 0.25) is 0 Å². The lowest BCUT2D eigenvalue weighted by Gasteiger charge is -2.26. The van der Waals surface area contributed by atoms with Crippen LogP contribution in [-0.2, 0) is 11.2 Å². The molecule has 0 bridgehead atoms. The van der Waals surface area contributed by atoms with E-state index >= 15 is 0 Å². The Balaban J connectivity index is 1.61. The molecular weight excluding hydrogens is 316 g/mol. The molecule has 0 aliphatic carbocycles. The van der Waals surface area contributed by atoms with E-state index in [1.807, 2.05) is 62.6 Å². The number of ether oxygens (including phenoxy) is 2. The minimum atomic E-state index is -0.448. The van der Waals surface area contributed by atoms with Crippen LogP contribution in [0, 0.1) is 0 Å². The largest absolute Gasteiger partial charge is 0.497 e. The summed E-state index contributed by atoms with van der Waals surface area (Å²) in [7, 11) is 5.66. The molecule has 1 heterocycles. The van der Waals surface area contributed by atoms with Crippen LogP contribution in [0.5, 0.6) is 11.5 Å². The van der Waals surface area contributed by atoms with Gasteiger partial charge in [0, 0.05) is 13.0 Å². The molecule has 2 atom stereocenters. The first-order valence-electron chi connectivity index (χ1n) is 8.41. The second-order valence-corrected chi connectivity index (χ2v) is 6.42. The van der Waals surface area contributed by atoms with E-state index < -0.39 is 6.10 Å². The Labute approximate surface area is 148 Å². The molecule has 0 saturated heterocycles. The zero-order chi connectivity index (χ0) is 17.8. The Morgan fingerprint density at radius 1 is 1.24 bits per heavy atom. The summed E-state index contributed by atoms with van der Waals surface area (Å²) in [5.41, 5.74) is 2.21. The van der Waals surface area contributed by atoms with Crippen LogP contribution in [0.4, 0.5) is 0 Å². The SMILES string of the molecule is COc1ccc(C(CNC(=O)C2Cc3ccccc3O2)N(C)C)cc1. The number of carbonyl (C=O) groups excluding carboxylic acids is 1. The third-order valence-corrected chi connectivity index (χ3v) is 4.53. The van der Waals surface area contributed by atoms with Crippen molar-refractivity contribution in [2.75, 3.05) is 27.7 Å². The summed E-state index contributed by atoms with van der Waals surface area (Å²) in [6, 6.07) is 15.8. The minimum Gasteiger partial charge on any atom is -0.497 e. The Morgan fingerprint density at radius 2 is 1.96 bits per heavy atom. The molecule has 1 N–H and O–H groups in total. The van der Waals surface area contributed by atoms with Crippen LogP contribution in [0.15, 0.2) is 48.5 Å². The fourth-order valence-electron chi connectivity index (χ4n) is 3.06. The monoisotopic (exact) mass is 340 g/mol. The number of hydrogen-bond acceptors (Lipinski definition) is 4. The third-order valence-electron chi connectivity index (χ3n) is 4.53. The van der Waals surface area contributed by atoms with E-state index in [1.54, 1.807) is 7.11 Å². The van der Waals surface area contributed by atoms with Crippen molar-refractivity contribution < 1.29 is 14.3 Å². The first-order chi connectivity index (χ1) is 12.1. The van der Waals surface area contributed by atoms with Crippen molar-refractivity contribution in [1.29, 1.82) is 0 Å². The molecule has 1 aliphatic heterocycles. The van der Waals surface area contributed by atoms with Crippen molar-refractivity contribution in [1.82, 2.24) is 10.2 Å². The van der Waals surface area contributed by atoms with Gasteiger partial charge in [-0.3, -0.25) is 4.79 Å². The number of para-hydroxylation sites is 1. The van der Waals surface area contributed by atoms with Gasteiger partial charge >= 0.3 is 0 Å². The highest BCUT2D eigenvalue weighted by molar-refractivity contribution is 5.82. The Hall–Kier alpha value is -2.53. The first kappa shape index (κ1) is 17.3. The molecule has 0 fully saturated rings. The maximum atomic E-state index is 12.5. The van der Waals surface area contributed by atoms with Gasteiger partial charge in [0.15, 0.2) is 6.10 Å². The summed E-state index contributed by atoms with van der Waals surface area (Å²) in [6.07, 6.45) is 0.174. The number of nitrogens with one attached hydrogen (secondary N) is 1. The van der Waals surface area contributed by atoms with E-state index in [0.717, 1.165) is 22.6 Å². The normalized spacial score (nSPS) is 16.9. The average molecular weight is 340 g/mol. The van der Waals surface area contributed by atoms with Gasteiger partial charge in [0.25, 0.3) is 5.91 Å². The Kier molecular flexibility index (Phi) is 5.24. The molecule has 2 aromatic rings. The van der Waals surface area contributed by atoms with Crippen molar-refractivity contribution in [2.45, 2.75) is 18.6 Å². The molecular formula is C20H24N2O3. The predicted octanol–water partition coefficient (Wildman–Crippen LogP) is 2.42. The van der Waals surface area contributed by atoms with Crippen LogP contribution >= 0.6 is 0 Å². The van der Waals surface area contributed by atoms with E-state index in [1.165, 1.54) is 0 Å². The van der Waals surface area contributed by atoms with Crippen LogP contribution < -0.4 is 14.8 Å². The third kappa shape index (κ3) is 3.94. The van der Waals surface area contributed by atoms with Gasteiger partial charge in [-0.05, 0) is 43.4 Å². The summed E-state index contributed by atoms with van der Waals surface area (Å²) in [5, 5.41) is 3.03. The molecule has 0 aromatic heterocycles. The van der Waals surface area contributed by atoms with E-state index in [0.29, 0.717) is 13.0 Å². The zero-order valence-electron chi connectivity index (χ0n) is 14.9. The number of benzene rings is 2. The molecule has 0 radical (unpaired) electrons. The summed E-state index contributed by atoms with van der Waals surface area (Å²) < 4.78 is 11.0. The van der Waals surface area contributed by atoms with Gasteiger partial charge < -0.3 is 19.7 Å². The van der Waals surface area contributed by atoms with E-state index in [9.17, 15) is 4.79 Å². The number of amides is 1. The van der Waals surface area contributed by atoms with Gasteiger partial charge in [0.05, 0.1) is 13.2 Å². The number of nitrogens with zero attached hydrogens (tertiary/aromatic N) is 1. The van der Waals surface area contributed by atoms with Crippen LogP contribution in [0.3, 0.4) is 0 Å². The number of fused-ring (bicyclic) bond motifs is 1. The molecule has 1 amide bonds. The lowest BCUT2D eigenvalue weighted by atomic mass is 10.1. The molecule has 3 rings (SSSR count). The highest BCUT2D eigenvalue weighted by Gasteiger charge is 2.29.